The van der Waals surface area contributed by atoms with Crippen molar-refractivity contribution >= 4 is 28.2 Å². The number of carboxylic acids is 1. The number of aliphatic hydroxyl groups is 1. The van der Waals surface area contributed by atoms with Crippen molar-refractivity contribution in [1.29, 1.82) is 0 Å². The molecule has 172 valence electrons. The molecule has 3 aromatic rings. The molecule has 0 amide bonds. The first-order chi connectivity index (χ1) is 15.8. The van der Waals surface area contributed by atoms with Gasteiger partial charge >= 0.3 is 5.97 Å². The Hall–Kier alpha value is -3.53. The van der Waals surface area contributed by atoms with E-state index in [1.54, 1.807) is 6.07 Å². The van der Waals surface area contributed by atoms with Gasteiger partial charge in [-0.15, -0.1) is 0 Å². The Morgan fingerprint density at radius 1 is 1.15 bits per heavy atom. The van der Waals surface area contributed by atoms with Gasteiger partial charge in [0.05, 0.1) is 23.2 Å². The van der Waals surface area contributed by atoms with Crippen molar-refractivity contribution in [2.45, 2.75) is 32.0 Å². The second kappa shape index (κ2) is 7.80. The lowest BCUT2D eigenvalue weighted by atomic mass is 10.1. The van der Waals surface area contributed by atoms with Gasteiger partial charge in [-0.1, -0.05) is 12.1 Å². The van der Waals surface area contributed by atoms with Crippen LogP contribution < -0.4 is 15.6 Å². The van der Waals surface area contributed by atoms with Crippen molar-refractivity contribution in [2.75, 3.05) is 23.4 Å². The molecule has 5 rings (SSSR count). The van der Waals surface area contributed by atoms with Gasteiger partial charge in [0.15, 0.2) is 11.6 Å². The first-order valence-corrected chi connectivity index (χ1v) is 10.5. The summed E-state index contributed by atoms with van der Waals surface area (Å²) in [5.41, 5.74) is -1.70. The number of nitrogens with zero attached hydrogens (tertiary/aromatic N) is 2. The predicted octanol–water partition coefficient (Wildman–Crippen LogP) is 3.38. The summed E-state index contributed by atoms with van der Waals surface area (Å²) in [6, 6.07) is 4.26. The van der Waals surface area contributed by atoms with Crippen LogP contribution in [0.2, 0.25) is 0 Å². The van der Waals surface area contributed by atoms with Gasteiger partial charge in [0.2, 0.25) is 5.43 Å². The zero-order valence-electron chi connectivity index (χ0n) is 17.4. The maximum atomic E-state index is 16.0. The second-order valence-electron chi connectivity index (χ2n) is 8.27. The van der Waals surface area contributed by atoms with Gasteiger partial charge in [0, 0.05) is 37.4 Å². The number of rotatable bonds is 6. The van der Waals surface area contributed by atoms with E-state index < -0.39 is 52.1 Å². The van der Waals surface area contributed by atoms with Gasteiger partial charge in [0.25, 0.3) is 0 Å². The molecule has 0 spiro atoms. The number of carboxylic acid groups (broad SMARTS) is 1. The van der Waals surface area contributed by atoms with Crippen molar-refractivity contribution in [3.63, 3.8) is 0 Å². The summed E-state index contributed by atoms with van der Waals surface area (Å²) in [5, 5.41) is 21.0. The van der Waals surface area contributed by atoms with Crippen LogP contribution in [0.25, 0.3) is 10.9 Å². The summed E-state index contributed by atoms with van der Waals surface area (Å²) in [6.07, 6.45) is 2.41. The molecule has 0 unspecified atom stereocenters. The molecule has 3 N–H and O–H groups in total. The van der Waals surface area contributed by atoms with Gasteiger partial charge in [0.1, 0.15) is 17.1 Å². The van der Waals surface area contributed by atoms with Crippen LogP contribution in [0.15, 0.2) is 29.2 Å². The Morgan fingerprint density at radius 3 is 2.55 bits per heavy atom. The van der Waals surface area contributed by atoms with E-state index in [9.17, 15) is 24.2 Å². The summed E-state index contributed by atoms with van der Waals surface area (Å²) < 4.78 is 47.5. The third-order valence-electron chi connectivity index (χ3n) is 6.15. The average molecular weight is 459 g/mol. The minimum atomic E-state index is -1.50. The van der Waals surface area contributed by atoms with Crippen molar-refractivity contribution < 1.29 is 28.2 Å². The van der Waals surface area contributed by atoms with Crippen LogP contribution in [-0.4, -0.2) is 33.9 Å². The fourth-order valence-electron chi connectivity index (χ4n) is 4.48. The lowest BCUT2D eigenvalue weighted by molar-refractivity contribution is 0.0694. The number of fused-ring (bicyclic) bond motifs is 2. The molecule has 1 saturated carbocycles. The molecule has 1 fully saturated rings. The van der Waals surface area contributed by atoms with Crippen LogP contribution in [0.3, 0.4) is 0 Å². The maximum Gasteiger partial charge on any atom is 0.341 e. The van der Waals surface area contributed by atoms with Gasteiger partial charge < -0.3 is 25.0 Å². The third kappa shape index (κ3) is 3.32. The van der Waals surface area contributed by atoms with Crippen molar-refractivity contribution in [3.05, 3.63) is 68.8 Å². The lowest BCUT2D eigenvalue weighted by Crippen LogP contribution is -2.25. The zero-order chi connectivity index (χ0) is 23.4. The summed E-state index contributed by atoms with van der Waals surface area (Å²) >= 11 is 0. The number of aromatic carboxylic acids is 1. The number of anilines is 2. The number of halogens is 3. The van der Waals surface area contributed by atoms with E-state index in [0.29, 0.717) is 24.0 Å². The molecule has 2 aromatic carbocycles. The summed E-state index contributed by atoms with van der Waals surface area (Å²) in [4.78, 5) is 26.1. The van der Waals surface area contributed by atoms with Crippen LogP contribution in [-0.2, 0) is 13.1 Å². The molecular weight excluding hydrogens is 439 g/mol. The summed E-state index contributed by atoms with van der Waals surface area (Å²) in [5.74, 6) is -4.08. The maximum absolute atomic E-state index is 16.0. The number of aliphatic hydroxyl groups excluding tert-OH is 1. The van der Waals surface area contributed by atoms with Crippen LogP contribution in [0, 0.1) is 17.5 Å². The smallest absolute Gasteiger partial charge is 0.341 e. The minimum Gasteiger partial charge on any atom is -0.477 e. The Kier molecular flexibility index (Phi) is 5.04. The molecule has 10 heteroatoms. The van der Waals surface area contributed by atoms with Gasteiger partial charge in [-0.3, -0.25) is 4.79 Å². The third-order valence-corrected chi connectivity index (χ3v) is 6.15. The minimum absolute atomic E-state index is 0.0623. The number of aromatic nitrogens is 1. The number of hydrogen-bond donors (Lipinski definition) is 3. The van der Waals surface area contributed by atoms with Crippen LogP contribution in [0.4, 0.5) is 24.5 Å². The largest absolute Gasteiger partial charge is 0.477 e. The van der Waals surface area contributed by atoms with E-state index in [0.717, 1.165) is 6.20 Å². The number of carbonyl (C=O) groups is 1. The van der Waals surface area contributed by atoms with E-state index in [2.05, 4.69) is 5.32 Å². The molecule has 0 bridgehead atoms. The standard InChI is InChI=1S/C23H20F3N3O4/c24-15-3-1-2-11-8-28(9-13(11)15)21-17(25)19(27-6-7-30)16-20(18(21)26)29(12-4-5-12)10-14(22(16)31)23(32)33/h1-3,10,12,27,30H,4-9H2,(H,32,33). The fraction of sp³-hybridized carbons (Fsp3) is 0.304. The molecule has 33 heavy (non-hydrogen) atoms. The van der Waals surface area contributed by atoms with Gasteiger partial charge in [-0.2, -0.15) is 0 Å². The SMILES string of the molecule is O=C(O)c1cn(C2CC2)c2c(F)c(N3Cc4cccc(F)c4C3)c(F)c(NCCO)c2c1=O. The molecule has 2 aliphatic rings. The predicted molar refractivity (Wildman–Crippen MR) is 115 cm³/mol. The normalized spacial score (nSPS) is 15.2. The monoisotopic (exact) mass is 459 g/mol. The summed E-state index contributed by atoms with van der Waals surface area (Å²) in [7, 11) is 0. The van der Waals surface area contributed by atoms with Crippen LogP contribution >= 0.6 is 0 Å². The average Bonchev–Trinajstić information content (AvgIpc) is 3.53. The molecule has 0 atom stereocenters. The van der Waals surface area contributed by atoms with Crippen molar-refractivity contribution in [3.8, 4) is 0 Å². The lowest BCUT2D eigenvalue weighted by Gasteiger charge is -2.24. The molecular formula is C23H20F3N3O4. The van der Waals surface area contributed by atoms with Crippen LogP contribution in [0.5, 0.6) is 0 Å². The Morgan fingerprint density at radius 2 is 1.91 bits per heavy atom. The second-order valence-corrected chi connectivity index (χ2v) is 8.27. The highest BCUT2D eigenvalue weighted by Crippen LogP contribution is 2.44. The Bertz CT molecular complexity index is 1370. The van der Waals surface area contributed by atoms with E-state index >= 15 is 8.78 Å². The van der Waals surface area contributed by atoms with Gasteiger partial charge in [-0.05, 0) is 24.5 Å². The molecule has 0 saturated heterocycles. The first kappa shape index (κ1) is 21.3. The molecule has 1 aromatic heterocycles. The fourth-order valence-corrected chi connectivity index (χ4v) is 4.48. The van der Waals surface area contributed by atoms with E-state index in [1.165, 1.54) is 21.6 Å². The highest BCUT2D eigenvalue weighted by Gasteiger charge is 2.35. The van der Waals surface area contributed by atoms with Crippen molar-refractivity contribution in [2.24, 2.45) is 0 Å². The molecule has 2 heterocycles. The Balaban J connectivity index is 1.81. The first-order valence-electron chi connectivity index (χ1n) is 10.5. The highest BCUT2D eigenvalue weighted by molar-refractivity contribution is 6.00. The van der Waals surface area contributed by atoms with E-state index in [1.807, 2.05) is 0 Å². The number of nitrogens with one attached hydrogen (secondary N) is 1. The van der Waals surface area contributed by atoms with Crippen LogP contribution in [0.1, 0.15) is 40.4 Å². The Labute approximate surface area is 185 Å². The van der Waals surface area contributed by atoms with Crippen molar-refractivity contribution in [1.82, 2.24) is 4.57 Å². The molecule has 7 nitrogen and oxygen atoms in total. The number of hydrogen-bond acceptors (Lipinski definition) is 5. The zero-order valence-corrected chi connectivity index (χ0v) is 17.4. The molecule has 1 aliphatic heterocycles. The van der Waals surface area contributed by atoms with Gasteiger partial charge in [-0.25, -0.2) is 18.0 Å². The molecule has 1 aliphatic carbocycles. The number of pyridine rings is 1. The number of benzene rings is 2. The van der Waals surface area contributed by atoms with E-state index in [4.69, 9.17) is 0 Å². The van der Waals surface area contributed by atoms with E-state index in [-0.39, 0.29) is 36.9 Å². The quantitative estimate of drug-likeness (QED) is 0.523. The highest BCUT2D eigenvalue weighted by atomic mass is 19.1. The molecule has 0 radical (unpaired) electrons. The topological polar surface area (TPSA) is 94.8 Å². The summed E-state index contributed by atoms with van der Waals surface area (Å²) in [6.45, 7) is -0.552.